The second-order valence-electron chi connectivity index (χ2n) is 6.32. The van der Waals surface area contributed by atoms with Crippen molar-refractivity contribution < 1.29 is 9.53 Å². The van der Waals surface area contributed by atoms with Gasteiger partial charge in [-0.15, -0.1) is 0 Å². The van der Waals surface area contributed by atoms with Gasteiger partial charge in [-0.05, 0) is 25.5 Å². The lowest BCUT2D eigenvalue weighted by Gasteiger charge is -2.24. The number of ether oxygens (including phenoxy) is 1. The number of hydrogen-bond donors (Lipinski definition) is 0. The number of carbonyl (C=O) groups excluding carboxylic acids is 1. The highest BCUT2D eigenvalue weighted by molar-refractivity contribution is 6.33. The molecule has 0 atom stereocenters. The Morgan fingerprint density at radius 2 is 1.96 bits per heavy atom. The zero-order valence-electron chi connectivity index (χ0n) is 15.3. The zero-order valence-corrected chi connectivity index (χ0v) is 16.1. The van der Waals surface area contributed by atoms with E-state index in [1.165, 1.54) is 4.68 Å². The molecule has 1 aromatic heterocycles. The normalized spacial score (nSPS) is 15.4. The molecule has 0 unspecified atom stereocenters. The lowest BCUT2D eigenvalue weighted by atomic mass is 10.3. The monoisotopic (exact) mass is 390 g/mol. The maximum atomic E-state index is 12.7. The van der Waals surface area contributed by atoms with Crippen LogP contribution in [0.4, 0.5) is 5.69 Å². The summed E-state index contributed by atoms with van der Waals surface area (Å²) in [6, 6.07) is 9.19. The van der Waals surface area contributed by atoms with Crippen molar-refractivity contribution in [2.24, 2.45) is 0 Å². The lowest BCUT2D eigenvalue weighted by molar-refractivity contribution is -0.144. The Morgan fingerprint density at radius 1 is 1.19 bits per heavy atom. The molecule has 8 heteroatoms. The molecule has 2 aromatic rings. The Labute approximate surface area is 163 Å². The Morgan fingerprint density at radius 3 is 2.70 bits per heavy atom. The van der Waals surface area contributed by atoms with Gasteiger partial charge in [-0.3, -0.25) is 14.5 Å². The molecular formula is C19H23ClN4O3. The average Bonchev–Trinajstić information content (AvgIpc) is 2.90. The highest BCUT2D eigenvalue weighted by Crippen LogP contribution is 2.23. The highest BCUT2D eigenvalue weighted by Gasteiger charge is 2.21. The van der Waals surface area contributed by atoms with Gasteiger partial charge in [0.15, 0.2) is 0 Å². The van der Waals surface area contributed by atoms with Crippen LogP contribution >= 0.6 is 11.6 Å². The van der Waals surface area contributed by atoms with Gasteiger partial charge in [0.1, 0.15) is 5.02 Å². The first-order valence-corrected chi connectivity index (χ1v) is 9.44. The van der Waals surface area contributed by atoms with Gasteiger partial charge >= 0.3 is 5.97 Å². The molecule has 0 aliphatic carbocycles. The van der Waals surface area contributed by atoms with E-state index >= 15 is 0 Å². The van der Waals surface area contributed by atoms with E-state index in [0.717, 1.165) is 19.5 Å². The molecule has 1 aliphatic heterocycles. The number of nitrogens with zero attached hydrogens (tertiary/aromatic N) is 4. The summed E-state index contributed by atoms with van der Waals surface area (Å²) < 4.78 is 6.32. The van der Waals surface area contributed by atoms with E-state index in [9.17, 15) is 9.59 Å². The summed E-state index contributed by atoms with van der Waals surface area (Å²) in [5.74, 6) is -0.212. The molecule has 27 heavy (non-hydrogen) atoms. The molecule has 2 heterocycles. The van der Waals surface area contributed by atoms with Crippen LogP contribution in [0.2, 0.25) is 5.02 Å². The standard InChI is InChI=1S/C19H23ClN4O3/c1-2-27-17(25)14-22-9-6-10-23(12-11-22)16-13-21-24(19(26)18(16)20)15-7-4-3-5-8-15/h3-5,7-8,13H,2,6,9-12,14H2,1H3. The molecule has 7 nitrogen and oxygen atoms in total. The SMILES string of the molecule is CCOC(=O)CN1CCCN(c2cnn(-c3ccccc3)c(=O)c2Cl)CC1. The molecule has 1 aliphatic rings. The molecule has 1 saturated heterocycles. The predicted octanol–water partition coefficient (Wildman–Crippen LogP) is 1.96. The number of anilines is 1. The number of hydrogen-bond acceptors (Lipinski definition) is 6. The lowest BCUT2D eigenvalue weighted by Crippen LogP contribution is -2.35. The summed E-state index contributed by atoms with van der Waals surface area (Å²) in [5.41, 5.74) is 0.965. The smallest absolute Gasteiger partial charge is 0.320 e. The van der Waals surface area contributed by atoms with E-state index in [1.807, 2.05) is 30.3 Å². The van der Waals surface area contributed by atoms with Gasteiger partial charge in [-0.2, -0.15) is 9.78 Å². The van der Waals surface area contributed by atoms with Crippen LogP contribution in [0.15, 0.2) is 41.3 Å². The van der Waals surface area contributed by atoms with Crippen molar-refractivity contribution >= 4 is 23.3 Å². The van der Waals surface area contributed by atoms with E-state index in [0.29, 0.717) is 31.1 Å². The minimum Gasteiger partial charge on any atom is -0.465 e. The van der Waals surface area contributed by atoms with Gasteiger partial charge in [0.2, 0.25) is 0 Å². The van der Waals surface area contributed by atoms with Gasteiger partial charge < -0.3 is 9.64 Å². The van der Waals surface area contributed by atoms with Crippen molar-refractivity contribution in [3.05, 3.63) is 51.9 Å². The van der Waals surface area contributed by atoms with Crippen LogP contribution in [-0.2, 0) is 9.53 Å². The second-order valence-corrected chi connectivity index (χ2v) is 6.70. The number of para-hydroxylation sites is 1. The quantitative estimate of drug-likeness (QED) is 0.727. The maximum Gasteiger partial charge on any atom is 0.320 e. The van der Waals surface area contributed by atoms with Gasteiger partial charge in [-0.25, -0.2) is 0 Å². The Hall–Kier alpha value is -2.38. The summed E-state index contributed by atoms with van der Waals surface area (Å²) >= 11 is 6.39. The molecule has 0 saturated carbocycles. The molecule has 1 fully saturated rings. The Bertz CT molecular complexity index is 841. The number of halogens is 1. The van der Waals surface area contributed by atoms with Gasteiger partial charge in [0.25, 0.3) is 5.56 Å². The van der Waals surface area contributed by atoms with Crippen molar-refractivity contribution in [3.8, 4) is 5.69 Å². The summed E-state index contributed by atoms with van der Waals surface area (Å²) in [5, 5.41) is 4.46. The number of rotatable bonds is 5. The summed E-state index contributed by atoms with van der Waals surface area (Å²) in [4.78, 5) is 28.5. The van der Waals surface area contributed by atoms with E-state index in [4.69, 9.17) is 16.3 Å². The van der Waals surface area contributed by atoms with Crippen molar-refractivity contribution in [2.45, 2.75) is 13.3 Å². The topological polar surface area (TPSA) is 67.7 Å². The third-order valence-corrected chi connectivity index (χ3v) is 4.84. The van der Waals surface area contributed by atoms with Crippen molar-refractivity contribution in [1.82, 2.24) is 14.7 Å². The van der Waals surface area contributed by atoms with Crippen LogP contribution in [0.5, 0.6) is 0 Å². The van der Waals surface area contributed by atoms with E-state index in [1.54, 1.807) is 13.1 Å². The first-order chi connectivity index (χ1) is 13.1. The summed E-state index contributed by atoms with van der Waals surface area (Å²) in [6.45, 7) is 5.36. The van der Waals surface area contributed by atoms with Gasteiger partial charge in [-0.1, -0.05) is 29.8 Å². The molecule has 0 spiro atoms. The van der Waals surface area contributed by atoms with Crippen LogP contribution < -0.4 is 10.5 Å². The maximum absolute atomic E-state index is 12.7. The van der Waals surface area contributed by atoms with Gasteiger partial charge in [0.05, 0.1) is 30.7 Å². The minimum absolute atomic E-state index is 0.160. The Balaban J connectivity index is 1.74. The first-order valence-electron chi connectivity index (χ1n) is 9.06. The fourth-order valence-corrected chi connectivity index (χ4v) is 3.41. The van der Waals surface area contributed by atoms with Crippen molar-refractivity contribution in [3.63, 3.8) is 0 Å². The largest absolute Gasteiger partial charge is 0.465 e. The molecule has 3 rings (SSSR count). The number of benzene rings is 1. The predicted molar refractivity (Wildman–Crippen MR) is 105 cm³/mol. The van der Waals surface area contributed by atoms with Crippen LogP contribution in [0.3, 0.4) is 0 Å². The van der Waals surface area contributed by atoms with E-state index in [-0.39, 0.29) is 23.1 Å². The average molecular weight is 391 g/mol. The van der Waals surface area contributed by atoms with Crippen LogP contribution in [0.25, 0.3) is 5.69 Å². The summed E-state index contributed by atoms with van der Waals surface area (Å²) in [7, 11) is 0. The van der Waals surface area contributed by atoms with Crippen molar-refractivity contribution in [1.29, 1.82) is 0 Å². The first kappa shape index (κ1) is 19.4. The molecule has 0 N–H and O–H groups in total. The van der Waals surface area contributed by atoms with Crippen LogP contribution in [0, 0.1) is 0 Å². The molecule has 0 amide bonds. The van der Waals surface area contributed by atoms with E-state index < -0.39 is 0 Å². The third kappa shape index (κ3) is 4.67. The fraction of sp³-hybridized carbons (Fsp3) is 0.421. The number of carbonyl (C=O) groups is 1. The molecule has 144 valence electrons. The molecule has 1 aromatic carbocycles. The Kier molecular flexibility index (Phi) is 6.47. The highest BCUT2D eigenvalue weighted by atomic mass is 35.5. The van der Waals surface area contributed by atoms with Crippen LogP contribution in [-0.4, -0.2) is 60.0 Å². The fourth-order valence-electron chi connectivity index (χ4n) is 3.16. The summed E-state index contributed by atoms with van der Waals surface area (Å²) in [6.07, 6.45) is 2.50. The molecule has 0 radical (unpaired) electrons. The van der Waals surface area contributed by atoms with Crippen molar-refractivity contribution in [2.75, 3.05) is 44.2 Å². The molecule has 0 bridgehead atoms. The van der Waals surface area contributed by atoms with Gasteiger partial charge in [0, 0.05) is 26.2 Å². The van der Waals surface area contributed by atoms with E-state index in [2.05, 4.69) is 14.9 Å². The molecular weight excluding hydrogens is 368 g/mol. The zero-order chi connectivity index (χ0) is 19.2. The minimum atomic E-state index is -0.340. The number of esters is 1. The third-order valence-electron chi connectivity index (χ3n) is 4.49. The number of aromatic nitrogens is 2. The van der Waals surface area contributed by atoms with Crippen LogP contribution in [0.1, 0.15) is 13.3 Å². The second kappa shape index (κ2) is 9.01.